The molecule has 0 aliphatic heterocycles. The van der Waals surface area contributed by atoms with Gasteiger partial charge in [0.15, 0.2) is 0 Å². The van der Waals surface area contributed by atoms with Crippen molar-refractivity contribution in [3.63, 3.8) is 0 Å². The molecule has 2 heterocycles. The van der Waals surface area contributed by atoms with Gasteiger partial charge >= 0.3 is 0 Å². The quantitative estimate of drug-likeness (QED) is 0.685. The lowest BCUT2D eigenvalue weighted by atomic mass is 10.2. The van der Waals surface area contributed by atoms with Crippen LogP contribution in [0.5, 0.6) is 0 Å². The predicted molar refractivity (Wildman–Crippen MR) is 55.0 cm³/mol. The van der Waals surface area contributed by atoms with E-state index in [1.807, 2.05) is 6.07 Å². The molecule has 0 N–H and O–H groups in total. The highest BCUT2D eigenvalue weighted by Gasteiger charge is 2.05. The Hall–Kier alpha value is -1.99. The van der Waals surface area contributed by atoms with Crippen LogP contribution in [0.4, 0.5) is 0 Å². The first-order valence-electron chi connectivity index (χ1n) is 4.14. The van der Waals surface area contributed by atoms with Crippen LogP contribution in [0.1, 0.15) is 5.56 Å². The molecule has 0 bridgehead atoms. The van der Waals surface area contributed by atoms with Crippen LogP contribution >= 0.6 is 11.6 Å². The summed E-state index contributed by atoms with van der Waals surface area (Å²) < 4.78 is 0. The van der Waals surface area contributed by atoms with Crippen LogP contribution in [-0.4, -0.2) is 15.0 Å². The summed E-state index contributed by atoms with van der Waals surface area (Å²) in [5.74, 6) is 0. The lowest BCUT2D eigenvalue weighted by molar-refractivity contribution is 1.17. The summed E-state index contributed by atoms with van der Waals surface area (Å²) in [5.41, 5.74) is 1.58. The van der Waals surface area contributed by atoms with Crippen LogP contribution in [0.2, 0.25) is 5.15 Å². The number of pyridine rings is 1. The molecule has 0 saturated carbocycles. The zero-order valence-electron chi connectivity index (χ0n) is 7.55. The summed E-state index contributed by atoms with van der Waals surface area (Å²) in [6, 6.07) is 5.24. The van der Waals surface area contributed by atoms with E-state index in [4.69, 9.17) is 16.9 Å². The smallest absolute Gasteiger partial charge is 0.147 e. The van der Waals surface area contributed by atoms with E-state index in [2.05, 4.69) is 15.0 Å². The topological polar surface area (TPSA) is 62.5 Å². The summed E-state index contributed by atoms with van der Waals surface area (Å²) in [4.78, 5) is 12.1. The Morgan fingerprint density at radius 1 is 1.20 bits per heavy atom. The maximum atomic E-state index is 8.68. The zero-order chi connectivity index (χ0) is 10.7. The Bertz CT molecular complexity index is 519. The minimum absolute atomic E-state index is 0.181. The van der Waals surface area contributed by atoms with Crippen LogP contribution in [0.25, 0.3) is 11.4 Å². The molecule has 0 atom stereocenters. The number of hydrogen-bond acceptors (Lipinski definition) is 4. The number of hydrogen-bond donors (Lipinski definition) is 0. The summed E-state index contributed by atoms with van der Waals surface area (Å²) in [6.07, 6.45) is 4.74. The van der Waals surface area contributed by atoms with Crippen LogP contribution in [0, 0.1) is 11.3 Å². The fourth-order valence-corrected chi connectivity index (χ4v) is 1.29. The van der Waals surface area contributed by atoms with E-state index in [0.717, 1.165) is 0 Å². The standard InChI is InChI=1S/C10H5ClN4/c11-10-7(5-12)1-2-8(15-10)9-6-13-3-4-14-9/h1-4,6H. The first kappa shape index (κ1) is 9.56. The molecule has 0 saturated heterocycles. The largest absolute Gasteiger partial charge is 0.261 e. The van der Waals surface area contributed by atoms with Crippen molar-refractivity contribution in [2.45, 2.75) is 0 Å². The van der Waals surface area contributed by atoms with Gasteiger partial charge in [-0.15, -0.1) is 0 Å². The van der Waals surface area contributed by atoms with Crippen molar-refractivity contribution in [1.82, 2.24) is 15.0 Å². The van der Waals surface area contributed by atoms with Gasteiger partial charge in [0.25, 0.3) is 0 Å². The van der Waals surface area contributed by atoms with E-state index in [1.165, 1.54) is 0 Å². The van der Waals surface area contributed by atoms with Gasteiger partial charge in [-0.05, 0) is 12.1 Å². The number of rotatable bonds is 1. The molecule has 0 spiro atoms. The molecule has 0 aromatic carbocycles. The Morgan fingerprint density at radius 2 is 2.07 bits per heavy atom. The van der Waals surface area contributed by atoms with E-state index in [-0.39, 0.29) is 5.15 Å². The molecule has 0 aliphatic rings. The van der Waals surface area contributed by atoms with Gasteiger partial charge in [-0.2, -0.15) is 5.26 Å². The van der Waals surface area contributed by atoms with Crippen molar-refractivity contribution in [2.75, 3.05) is 0 Å². The first-order valence-corrected chi connectivity index (χ1v) is 4.52. The van der Waals surface area contributed by atoms with E-state index in [1.54, 1.807) is 30.7 Å². The Balaban J connectivity index is 2.49. The minimum Gasteiger partial charge on any atom is -0.261 e. The lowest BCUT2D eigenvalue weighted by Gasteiger charge is -1.99. The molecule has 0 radical (unpaired) electrons. The van der Waals surface area contributed by atoms with Crippen LogP contribution in [0.3, 0.4) is 0 Å². The molecular weight excluding hydrogens is 212 g/mol. The second-order valence-electron chi connectivity index (χ2n) is 2.74. The molecule has 2 aromatic heterocycles. The molecule has 15 heavy (non-hydrogen) atoms. The average Bonchev–Trinajstić information content (AvgIpc) is 2.30. The second kappa shape index (κ2) is 4.03. The summed E-state index contributed by atoms with van der Waals surface area (Å²) in [6.45, 7) is 0. The van der Waals surface area contributed by atoms with E-state index < -0.39 is 0 Å². The van der Waals surface area contributed by atoms with Gasteiger partial charge in [0.2, 0.25) is 0 Å². The molecule has 0 amide bonds. The van der Waals surface area contributed by atoms with Gasteiger partial charge in [-0.3, -0.25) is 9.97 Å². The third kappa shape index (κ3) is 1.92. The molecule has 72 valence electrons. The van der Waals surface area contributed by atoms with Crippen molar-refractivity contribution >= 4 is 11.6 Å². The monoisotopic (exact) mass is 216 g/mol. The summed E-state index contributed by atoms with van der Waals surface area (Å²) in [7, 11) is 0. The zero-order valence-corrected chi connectivity index (χ0v) is 8.31. The van der Waals surface area contributed by atoms with Crippen molar-refractivity contribution in [3.05, 3.63) is 41.4 Å². The van der Waals surface area contributed by atoms with E-state index >= 15 is 0 Å². The lowest BCUT2D eigenvalue weighted by Crippen LogP contribution is -1.90. The van der Waals surface area contributed by atoms with Gasteiger partial charge in [-0.25, -0.2) is 4.98 Å². The minimum atomic E-state index is 0.181. The highest BCUT2D eigenvalue weighted by molar-refractivity contribution is 6.30. The SMILES string of the molecule is N#Cc1ccc(-c2cnccn2)nc1Cl. The Kier molecular flexibility index (Phi) is 2.57. The van der Waals surface area contributed by atoms with Crippen molar-refractivity contribution in [2.24, 2.45) is 0 Å². The maximum Gasteiger partial charge on any atom is 0.147 e. The maximum absolute atomic E-state index is 8.68. The molecule has 0 fully saturated rings. The Morgan fingerprint density at radius 3 is 2.67 bits per heavy atom. The fourth-order valence-electron chi connectivity index (χ4n) is 1.09. The predicted octanol–water partition coefficient (Wildman–Crippen LogP) is 2.06. The highest BCUT2D eigenvalue weighted by Crippen LogP contribution is 2.18. The summed E-state index contributed by atoms with van der Waals surface area (Å²) >= 11 is 5.80. The van der Waals surface area contributed by atoms with Crippen molar-refractivity contribution < 1.29 is 0 Å². The normalized spacial score (nSPS) is 9.60. The third-order valence-corrected chi connectivity index (χ3v) is 2.08. The van der Waals surface area contributed by atoms with E-state index in [0.29, 0.717) is 17.0 Å². The van der Waals surface area contributed by atoms with Crippen molar-refractivity contribution in [3.8, 4) is 17.5 Å². The molecule has 2 aromatic rings. The fraction of sp³-hybridized carbons (Fsp3) is 0. The average molecular weight is 217 g/mol. The van der Waals surface area contributed by atoms with E-state index in [9.17, 15) is 0 Å². The van der Waals surface area contributed by atoms with Gasteiger partial charge in [-0.1, -0.05) is 11.6 Å². The van der Waals surface area contributed by atoms with Crippen LogP contribution in [0.15, 0.2) is 30.7 Å². The highest BCUT2D eigenvalue weighted by atomic mass is 35.5. The number of halogens is 1. The molecule has 0 unspecified atom stereocenters. The number of nitriles is 1. The van der Waals surface area contributed by atoms with Crippen LogP contribution in [-0.2, 0) is 0 Å². The third-order valence-electron chi connectivity index (χ3n) is 1.79. The van der Waals surface area contributed by atoms with Gasteiger partial charge in [0.1, 0.15) is 16.9 Å². The molecular formula is C10H5ClN4. The second-order valence-corrected chi connectivity index (χ2v) is 3.10. The van der Waals surface area contributed by atoms with Crippen LogP contribution < -0.4 is 0 Å². The molecule has 5 heteroatoms. The first-order chi connectivity index (χ1) is 7.31. The van der Waals surface area contributed by atoms with Crippen molar-refractivity contribution in [1.29, 1.82) is 5.26 Å². The molecule has 4 nitrogen and oxygen atoms in total. The molecule has 2 rings (SSSR count). The number of aromatic nitrogens is 3. The number of nitrogens with zero attached hydrogens (tertiary/aromatic N) is 4. The summed E-state index contributed by atoms with van der Waals surface area (Å²) in [5, 5.41) is 8.86. The Labute approximate surface area is 91.2 Å². The molecule has 0 aliphatic carbocycles. The van der Waals surface area contributed by atoms with Gasteiger partial charge < -0.3 is 0 Å². The van der Waals surface area contributed by atoms with Gasteiger partial charge in [0.05, 0.1) is 17.5 Å². The van der Waals surface area contributed by atoms with Gasteiger partial charge in [0, 0.05) is 12.4 Å².